The smallest absolute Gasteiger partial charge is 0.548 e. The van der Waals surface area contributed by atoms with Crippen LogP contribution in [-0.4, -0.2) is 19.2 Å². The van der Waals surface area contributed by atoms with Crippen LogP contribution in [0.15, 0.2) is 0 Å². The van der Waals surface area contributed by atoms with Crippen LogP contribution in [0.3, 0.4) is 0 Å². The Kier molecular flexibility index (Phi) is 15.1. The minimum atomic E-state index is -1.13. The summed E-state index contributed by atoms with van der Waals surface area (Å²) in [6.07, 6.45) is 4.54. The van der Waals surface area contributed by atoms with Crippen molar-refractivity contribution >= 4 is 5.97 Å². The largest absolute Gasteiger partial charge is 1.00 e. The standard InChI is InChI=1S/C10H20O3.K/c1-3-5-6-9(4-2)7-13-8-10(11)12;/h9H,3-8H2,1-2H3,(H,11,12);/q;+1/p-1. The summed E-state index contributed by atoms with van der Waals surface area (Å²) >= 11 is 0. The minimum Gasteiger partial charge on any atom is -0.548 e. The molecule has 78 valence electrons. The van der Waals surface area contributed by atoms with Gasteiger partial charge >= 0.3 is 51.4 Å². The van der Waals surface area contributed by atoms with E-state index >= 15 is 0 Å². The van der Waals surface area contributed by atoms with E-state index in [9.17, 15) is 9.90 Å². The Bertz CT molecular complexity index is 139. The van der Waals surface area contributed by atoms with Crippen LogP contribution in [0.25, 0.3) is 0 Å². The van der Waals surface area contributed by atoms with Crippen LogP contribution < -0.4 is 56.5 Å². The first-order valence-corrected chi connectivity index (χ1v) is 4.98. The second-order valence-electron chi connectivity index (χ2n) is 3.30. The van der Waals surface area contributed by atoms with Crippen molar-refractivity contribution in [3.05, 3.63) is 0 Å². The molecule has 0 heterocycles. The first kappa shape index (κ1) is 17.5. The summed E-state index contributed by atoms with van der Waals surface area (Å²) in [5, 5.41) is 10.0. The number of unbranched alkanes of at least 4 members (excludes halogenated alkanes) is 1. The molecule has 0 saturated carbocycles. The molecule has 14 heavy (non-hydrogen) atoms. The topological polar surface area (TPSA) is 49.4 Å². The van der Waals surface area contributed by atoms with Crippen LogP contribution in [0.1, 0.15) is 39.5 Å². The molecule has 0 aliphatic rings. The van der Waals surface area contributed by atoms with E-state index in [0.29, 0.717) is 12.5 Å². The van der Waals surface area contributed by atoms with Gasteiger partial charge in [-0.25, -0.2) is 0 Å². The first-order chi connectivity index (χ1) is 6.20. The fraction of sp³-hybridized carbons (Fsp3) is 0.900. The van der Waals surface area contributed by atoms with Crippen LogP contribution in [0, 0.1) is 5.92 Å². The molecule has 0 amide bonds. The van der Waals surface area contributed by atoms with E-state index in [1.54, 1.807) is 0 Å². The van der Waals surface area contributed by atoms with Gasteiger partial charge in [-0.05, 0) is 12.3 Å². The predicted octanol–water partition coefficient (Wildman–Crippen LogP) is -2.03. The van der Waals surface area contributed by atoms with Crippen LogP contribution >= 0.6 is 0 Å². The Morgan fingerprint density at radius 1 is 1.43 bits per heavy atom. The van der Waals surface area contributed by atoms with E-state index in [1.165, 1.54) is 12.8 Å². The van der Waals surface area contributed by atoms with E-state index < -0.39 is 5.97 Å². The maximum Gasteiger partial charge on any atom is 1.00 e. The van der Waals surface area contributed by atoms with Crippen molar-refractivity contribution in [2.75, 3.05) is 13.2 Å². The number of carboxylic acid groups (broad SMARTS) is 1. The van der Waals surface area contributed by atoms with E-state index in [1.807, 2.05) is 0 Å². The summed E-state index contributed by atoms with van der Waals surface area (Å²) in [6.45, 7) is 4.52. The van der Waals surface area contributed by atoms with Gasteiger partial charge in [0, 0.05) is 6.61 Å². The molecule has 0 aromatic rings. The molecule has 0 aromatic carbocycles. The average molecular weight is 226 g/mol. The molecule has 0 rings (SSSR count). The molecule has 0 bridgehead atoms. The number of ether oxygens (including phenoxy) is 1. The van der Waals surface area contributed by atoms with Crippen molar-refractivity contribution in [1.82, 2.24) is 0 Å². The van der Waals surface area contributed by atoms with E-state index in [2.05, 4.69) is 13.8 Å². The Labute approximate surface area is 129 Å². The maximum atomic E-state index is 10.0. The Balaban J connectivity index is 0. The van der Waals surface area contributed by atoms with Gasteiger partial charge in [0.1, 0.15) is 0 Å². The summed E-state index contributed by atoms with van der Waals surface area (Å²) < 4.78 is 4.98. The van der Waals surface area contributed by atoms with Crippen LogP contribution in [-0.2, 0) is 9.53 Å². The van der Waals surface area contributed by atoms with Crippen molar-refractivity contribution in [1.29, 1.82) is 0 Å². The SMILES string of the molecule is CCCCC(CC)COCC(=O)[O-].[K+]. The summed E-state index contributed by atoms with van der Waals surface area (Å²) in [6, 6.07) is 0. The third kappa shape index (κ3) is 11.1. The first-order valence-electron chi connectivity index (χ1n) is 4.98. The van der Waals surface area contributed by atoms with Gasteiger partial charge in [0.25, 0.3) is 0 Å². The van der Waals surface area contributed by atoms with Crippen molar-refractivity contribution in [2.24, 2.45) is 5.92 Å². The fourth-order valence-electron chi connectivity index (χ4n) is 1.21. The number of carbonyl (C=O) groups is 1. The van der Waals surface area contributed by atoms with Gasteiger partial charge < -0.3 is 14.6 Å². The molecule has 1 unspecified atom stereocenters. The summed E-state index contributed by atoms with van der Waals surface area (Å²) in [5.74, 6) is -0.635. The van der Waals surface area contributed by atoms with E-state index in [-0.39, 0.29) is 58.0 Å². The van der Waals surface area contributed by atoms with Crippen LogP contribution in [0.2, 0.25) is 0 Å². The molecule has 4 heteroatoms. The molecule has 0 aliphatic carbocycles. The number of carbonyl (C=O) groups excluding carboxylic acids is 1. The van der Waals surface area contributed by atoms with Gasteiger partial charge in [0.15, 0.2) is 0 Å². The summed E-state index contributed by atoms with van der Waals surface area (Å²) in [5.41, 5.74) is 0. The average Bonchev–Trinajstić information content (AvgIpc) is 2.10. The molecule has 0 aromatic heterocycles. The molecule has 0 N–H and O–H groups in total. The second-order valence-corrected chi connectivity index (χ2v) is 3.30. The van der Waals surface area contributed by atoms with E-state index in [4.69, 9.17) is 4.74 Å². The van der Waals surface area contributed by atoms with Gasteiger partial charge in [0.2, 0.25) is 0 Å². The molecule has 1 atom stereocenters. The molecule has 0 saturated heterocycles. The molecule has 0 aliphatic heterocycles. The van der Waals surface area contributed by atoms with Crippen molar-refractivity contribution in [3.63, 3.8) is 0 Å². The quantitative estimate of drug-likeness (QED) is 0.449. The summed E-state index contributed by atoms with van der Waals surface area (Å²) in [7, 11) is 0. The molecule has 3 nitrogen and oxygen atoms in total. The molecule has 0 fully saturated rings. The number of hydrogen-bond donors (Lipinski definition) is 0. The predicted molar refractivity (Wildman–Crippen MR) is 49.1 cm³/mol. The Morgan fingerprint density at radius 3 is 2.50 bits per heavy atom. The zero-order valence-corrected chi connectivity index (χ0v) is 12.7. The zero-order valence-electron chi connectivity index (χ0n) is 9.54. The van der Waals surface area contributed by atoms with Crippen molar-refractivity contribution in [3.8, 4) is 0 Å². The fourth-order valence-corrected chi connectivity index (χ4v) is 1.21. The van der Waals surface area contributed by atoms with E-state index in [0.717, 1.165) is 12.8 Å². The van der Waals surface area contributed by atoms with Crippen LogP contribution in [0.5, 0.6) is 0 Å². The van der Waals surface area contributed by atoms with Gasteiger partial charge in [-0.15, -0.1) is 0 Å². The maximum absolute atomic E-state index is 10.0. The number of hydrogen-bond acceptors (Lipinski definition) is 3. The Hall–Kier alpha value is 1.07. The Morgan fingerprint density at radius 2 is 2.07 bits per heavy atom. The zero-order chi connectivity index (χ0) is 10.1. The second kappa shape index (κ2) is 12.1. The molecular formula is C10H19KO3. The van der Waals surface area contributed by atoms with Crippen molar-refractivity contribution in [2.45, 2.75) is 39.5 Å². The van der Waals surface area contributed by atoms with Crippen molar-refractivity contribution < 1.29 is 66.0 Å². The van der Waals surface area contributed by atoms with Gasteiger partial charge in [0.05, 0.1) is 12.6 Å². The van der Waals surface area contributed by atoms with Gasteiger partial charge in [-0.1, -0.05) is 33.1 Å². The molecule has 0 radical (unpaired) electrons. The monoisotopic (exact) mass is 226 g/mol. The number of rotatable bonds is 8. The third-order valence-electron chi connectivity index (χ3n) is 2.12. The number of carboxylic acids is 1. The van der Waals surface area contributed by atoms with Crippen LogP contribution in [0.4, 0.5) is 0 Å². The van der Waals surface area contributed by atoms with Gasteiger partial charge in [-0.3, -0.25) is 0 Å². The van der Waals surface area contributed by atoms with Gasteiger partial charge in [-0.2, -0.15) is 0 Å². The summed E-state index contributed by atoms with van der Waals surface area (Å²) in [4.78, 5) is 10.0. The molecule has 0 spiro atoms. The third-order valence-corrected chi connectivity index (χ3v) is 2.12. The normalized spacial score (nSPS) is 11.9. The number of aliphatic carboxylic acids is 1. The molecular weight excluding hydrogens is 207 g/mol. The minimum absolute atomic E-state index is 0.